The van der Waals surface area contributed by atoms with E-state index < -0.39 is 0 Å². The summed E-state index contributed by atoms with van der Waals surface area (Å²) in [7, 11) is 0. The molecule has 0 N–H and O–H groups in total. The van der Waals surface area contributed by atoms with Crippen molar-refractivity contribution in [3.63, 3.8) is 0 Å². The number of rotatable bonds is 0. The molecule has 4 nitrogen and oxygen atoms in total. The summed E-state index contributed by atoms with van der Waals surface area (Å²) in [4.78, 5) is 0. The van der Waals surface area contributed by atoms with Crippen molar-refractivity contribution < 1.29 is 51.9 Å². The van der Waals surface area contributed by atoms with Crippen molar-refractivity contribution in [3.05, 3.63) is 0 Å². The Morgan fingerprint density at radius 2 is 0.571 bits per heavy atom. The molecule has 0 aliphatic rings. The molecule has 0 atom stereocenters. The van der Waals surface area contributed by atoms with Crippen molar-refractivity contribution in [3.8, 4) is 21.6 Å². The molecule has 14 heavy (non-hydrogen) atoms. The standard InChI is InChI=1S/4CHNS.Au.Na/c4*2-1-3;;/h4*3H;;/q;;;;+3;+1/p-4. The van der Waals surface area contributed by atoms with Gasteiger partial charge in [-0.25, -0.2) is 21.0 Å². The van der Waals surface area contributed by atoms with E-state index in [1.165, 1.54) is 21.6 Å². The summed E-state index contributed by atoms with van der Waals surface area (Å²) in [6.07, 6.45) is 0. The summed E-state index contributed by atoms with van der Waals surface area (Å²) in [6, 6.07) is 0. The Morgan fingerprint density at radius 1 is 0.571 bits per heavy atom. The van der Waals surface area contributed by atoms with Crippen LogP contribution in [0.5, 0.6) is 0 Å². The van der Waals surface area contributed by atoms with Crippen molar-refractivity contribution in [2.45, 2.75) is 0 Å². The molecule has 0 rings (SSSR count). The third kappa shape index (κ3) is 5010. The summed E-state index contributed by atoms with van der Waals surface area (Å²) in [5.74, 6) is 0. The second-order valence-electron chi connectivity index (χ2n) is 0.365. The van der Waals surface area contributed by atoms with E-state index in [0.717, 1.165) is 0 Å². The van der Waals surface area contributed by atoms with Gasteiger partial charge in [-0.15, -0.1) is 0 Å². The van der Waals surface area contributed by atoms with Crippen molar-refractivity contribution in [2.24, 2.45) is 0 Å². The van der Waals surface area contributed by atoms with Gasteiger partial charge >= 0.3 is 51.9 Å². The first-order chi connectivity index (χ1) is 5.66. The van der Waals surface area contributed by atoms with Crippen molar-refractivity contribution in [1.29, 1.82) is 21.0 Å². The minimum absolute atomic E-state index is 0. The first kappa shape index (κ1) is 36.5. The quantitative estimate of drug-likeness (QED) is 0.219. The van der Waals surface area contributed by atoms with Gasteiger partial charge in [0.25, 0.3) is 0 Å². The molecule has 0 aromatic rings. The van der Waals surface area contributed by atoms with Crippen LogP contribution in [0.15, 0.2) is 0 Å². The van der Waals surface area contributed by atoms with Crippen LogP contribution in [0.2, 0.25) is 0 Å². The monoisotopic (exact) mass is 452 g/mol. The van der Waals surface area contributed by atoms with Crippen LogP contribution >= 0.6 is 0 Å². The topological polar surface area (TPSA) is 95.2 Å². The molecule has 0 aliphatic heterocycles. The van der Waals surface area contributed by atoms with Crippen LogP contribution in [0.25, 0.3) is 0 Å². The molecule has 0 bridgehead atoms. The predicted octanol–water partition coefficient (Wildman–Crippen LogP) is -2.94. The number of hydrogen-bond donors (Lipinski definition) is 0. The molecule has 0 aliphatic carbocycles. The molecule has 0 spiro atoms. The van der Waals surface area contributed by atoms with Crippen molar-refractivity contribution in [1.82, 2.24) is 0 Å². The Balaban J connectivity index is -0.0000000145. The van der Waals surface area contributed by atoms with Crippen molar-refractivity contribution in [2.75, 3.05) is 0 Å². The Hall–Kier alpha value is 0.580. The van der Waals surface area contributed by atoms with Crippen LogP contribution in [0.3, 0.4) is 0 Å². The SMILES string of the molecule is N#C[S-].N#C[S-].N#C[S-].N#C[S-].[Au+3].[Na+]. The first-order valence-electron chi connectivity index (χ1n) is 1.71. The first-order valence-corrected chi connectivity index (χ1v) is 3.34. The smallest absolute Gasteiger partial charge is 0.696 e. The fourth-order valence-electron chi connectivity index (χ4n) is 0. The maximum atomic E-state index is 7.13. The summed E-state index contributed by atoms with van der Waals surface area (Å²) >= 11 is 14.8. The molecule has 0 heterocycles. The molecule has 0 aromatic carbocycles. The Labute approximate surface area is 143 Å². The minimum atomic E-state index is 0. The molecule has 0 amide bonds. The number of nitriles is 4. The zero-order valence-corrected chi connectivity index (χ0v) is 14.2. The molecule has 0 unspecified atom stereocenters. The van der Waals surface area contributed by atoms with E-state index in [-0.39, 0.29) is 51.9 Å². The van der Waals surface area contributed by atoms with Gasteiger partial charge in [0.05, 0.1) is 0 Å². The van der Waals surface area contributed by atoms with E-state index in [0.29, 0.717) is 0 Å². The van der Waals surface area contributed by atoms with Crippen LogP contribution in [0.4, 0.5) is 0 Å². The normalized spacial score (nSPS) is 2.00. The van der Waals surface area contributed by atoms with Gasteiger partial charge in [0.1, 0.15) is 0 Å². The second-order valence-corrected chi connectivity index (χ2v) is 1.10. The summed E-state index contributed by atoms with van der Waals surface area (Å²) < 4.78 is 0. The van der Waals surface area contributed by atoms with Gasteiger partial charge in [-0.2, -0.15) is 0 Å². The van der Waals surface area contributed by atoms with E-state index >= 15 is 0 Å². The fourth-order valence-corrected chi connectivity index (χ4v) is 0. The largest absolute Gasteiger partial charge is 3.00 e. The predicted molar refractivity (Wildman–Crippen MR) is 51.9 cm³/mol. The summed E-state index contributed by atoms with van der Waals surface area (Å²) in [6.45, 7) is 0. The van der Waals surface area contributed by atoms with E-state index in [4.69, 9.17) is 21.0 Å². The zero-order chi connectivity index (χ0) is 10.8. The summed E-state index contributed by atoms with van der Waals surface area (Å²) in [5.41, 5.74) is 0. The summed E-state index contributed by atoms with van der Waals surface area (Å²) in [5, 5.41) is 33.9. The molecular formula is C4AuN4NaS4. The average molecular weight is 452 g/mol. The molecule has 72 valence electrons. The number of hydrogen-bond acceptors (Lipinski definition) is 8. The van der Waals surface area contributed by atoms with Gasteiger partial charge in [0, 0.05) is 0 Å². The fraction of sp³-hybridized carbons (Fsp3) is 0. The molecule has 0 saturated carbocycles. The van der Waals surface area contributed by atoms with Crippen LogP contribution in [-0.2, 0) is 72.9 Å². The molecule has 0 saturated heterocycles. The van der Waals surface area contributed by atoms with E-state index in [1.54, 1.807) is 0 Å². The molecule has 0 radical (unpaired) electrons. The van der Waals surface area contributed by atoms with E-state index in [1.807, 2.05) is 0 Å². The third-order valence-electron chi connectivity index (χ3n) is 0. The van der Waals surface area contributed by atoms with Crippen LogP contribution in [0, 0.1) is 42.7 Å². The third-order valence-corrected chi connectivity index (χ3v) is 0. The molecular weight excluding hydrogens is 452 g/mol. The van der Waals surface area contributed by atoms with Gasteiger partial charge < -0.3 is 50.5 Å². The zero-order valence-electron chi connectivity index (χ0n) is 6.72. The van der Waals surface area contributed by atoms with Crippen molar-refractivity contribution >= 4 is 50.5 Å². The van der Waals surface area contributed by atoms with Gasteiger partial charge in [0.2, 0.25) is 0 Å². The van der Waals surface area contributed by atoms with Gasteiger partial charge in [-0.05, 0) is 0 Å². The van der Waals surface area contributed by atoms with Crippen LogP contribution in [0.1, 0.15) is 0 Å². The van der Waals surface area contributed by atoms with Gasteiger partial charge in [-0.1, -0.05) is 21.6 Å². The minimum Gasteiger partial charge on any atom is -0.696 e. The number of nitrogens with zero attached hydrogens (tertiary/aromatic N) is 4. The Bertz CT molecular complexity index is 163. The second kappa shape index (κ2) is 102. The van der Waals surface area contributed by atoms with Gasteiger partial charge in [-0.3, -0.25) is 0 Å². The maximum Gasteiger partial charge on any atom is 3.00 e. The number of thiocyanates is 4. The average Bonchev–Trinajstić information content (AvgIpc) is 1.92. The van der Waals surface area contributed by atoms with Crippen LogP contribution in [-0.4, -0.2) is 0 Å². The molecule has 0 aromatic heterocycles. The molecule has 10 heteroatoms. The van der Waals surface area contributed by atoms with E-state index in [2.05, 4.69) is 50.5 Å². The Kier molecular flexibility index (Phi) is 267. The molecule has 0 fully saturated rings. The maximum absolute atomic E-state index is 7.13. The van der Waals surface area contributed by atoms with Gasteiger partial charge in [0.15, 0.2) is 0 Å². The van der Waals surface area contributed by atoms with Crippen LogP contribution < -0.4 is 29.6 Å². The Morgan fingerprint density at radius 3 is 0.571 bits per heavy atom. The van der Waals surface area contributed by atoms with E-state index in [9.17, 15) is 0 Å².